The minimum absolute atomic E-state index is 0.0764. The van der Waals surface area contributed by atoms with Gasteiger partial charge in [-0.2, -0.15) is 0 Å². The molecule has 2 heterocycles. The summed E-state index contributed by atoms with van der Waals surface area (Å²) in [5.74, 6) is 0.512. The van der Waals surface area contributed by atoms with Crippen LogP contribution in [0.1, 0.15) is 53.9 Å². The average molecular weight is 292 g/mol. The molecule has 5 heteroatoms. The molecule has 0 bridgehead atoms. The molecule has 1 aliphatic heterocycles. The second kappa shape index (κ2) is 5.64. The third kappa shape index (κ3) is 2.39. The topological polar surface area (TPSA) is 50.3 Å². The van der Waals surface area contributed by atoms with Crippen LogP contribution < -0.4 is 0 Å². The largest absolute Gasteiger partial charge is 0.334 e. The molecular weight excluding hydrogens is 272 g/mol. The molecular formula is C15H20N2O2S. The van der Waals surface area contributed by atoms with Gasteiger partial charge in [-0.05, 0) is 39.0 Å². The average Bonchev–Trinajstić information content (AvgIpc) is 3.06. The van der Waals surface area contributed by atoms with Crippen LogP contribution in [0, 0.1) is 12.8 Å². The van der Waals surface area contributed by atoms with Crippen LogP contribution in [0.2, 0.25) is 0 Å². The molecule has 0 spiro atoms. The number of aromatic nitrogens is 1. The summed E-state index contributed by atoms with van der Waals surface area (Å²) in [6, 6.07) is 0.118. The third-order valence-electron chi connectivity index (χ3n) is 4.57. The summed E-state index contributed by atoms with van der Waals surface area (Å²) in [4.78, 5) is 31.7. The molecule has 2 aliphatic rings. The Morgan fingerprint density at radius 1 is 1.35 bits per heavy atom. The van der Waals surface area contributed by atoms with Crippen molar-refractivity contribution in [2.75, 3.05) is 6.54 Å². The summed E-state index contributed by atoms with van der Waals surface area (Å²) >= 11 is 1.41. The SMILES string of the molecule is Cc1ncsc1C(=O)N1CCCCC1C1CCCC1=O. The van der Waals surface area contributed by atoms with E-state index in [1.54, 1.807) is 5.51 Å². The quantitative estimate of drug-likeness (QED) is 0.842. The van der Waals surface area contributed by atoms with E-state index in [4.69, 9.17) is 0 Å². The lowest BCUT2D eigenvalue weighted by Crippen LogP contribution is -2.48. The number of hydrogen-bond donors (Lipinski definition) is 0. The Morgan fingerprint density at radius 3 is 2.85 bits per heavy atom. The first-order chi connectivity index (χ1) is 9.68. The molecule has 1 aliphatic carbocycles. The van der Waals surface area contributed by atoms with Crippen molar-refractivity contribution in [1.29, 1.82) is 0 Å². The number of likely N-dealkylation sites (tertiary alicyclic amines) is 1. The van der Waals surface area contributed by atoms with Gasteiger partial charge in [-0.15, -0.1) is 11.3 Å². The highest BCUT2D eigenvalue weighted by Gasteiger charge is 2.39. The van der Waals surface area contributed by atoms with Gasteiger partial charge in [-0.25, -0.2) is 4.98 Å². The fourth-order valence-electron chi connectivity index (χ4n) is 3.52. The lowest BCUT2D eigenvalue weighted by molar-refractivity contribution is -0.122. The van der Waals surface area contributed by atoms with Crippen LogP contribution in [0.5, 0.6) is 0 Å². The molecule has 108 valence electrons. The van der Waals surface area contributed by atoms with E-state index in [0.717, 1.165) is 49.2 Å². The Morgan fingerprint density at radius 2 is 2.20 bits per heavy atom. The Bertz CT molecular complexity index is 526. The highest BCUT2D eigenvalue weighted by atomic mass is 32.1. The maximum absolute atomic E-state index is 12.7. The number of hydrogen-bond acceptors (Lipinski definition) is 4. The number of amides is 1. The maximum atomic E-state index is 12.7. The van der Waals surface area contributed by atoms with Gasteiger partial charge in [0.2, 0.25) is 0 Å². The van der Waals surface area contributed by atoms with Crippen LogP contribution in [0.15, 0.2) is 5.51 Å². The summed E-state index contributed by atoms with van der Waals surface area (Å²) in [5.41, 5.74) is 2.53. The summed E-state index contributed by atoms with van der Waals surface area (Å²) in [7, 11) is 0. The lowest BCUT2D eigenvalue weighted by atomic mass is 9.88. The zero-order chi connectivity index (χ0) is 14.1. The van der Waals surface area contributed by atoms with Gasteiger partial charge in [0.15, 0.2) is 0 Å². The van der Waals surface area contributed by atoms with Crippen molar-refractivity contribution in [2.45, 2.75) is 51.5 Å². The molecule has 2 atom stereocenters. The van der Waals surface area contributed by atoms with Crippen LogP contribution in [-0.4, -0.2) is 34.2 Å². The summed E-state index contributed by atoms with van der Waals surface area (Å²) < 4.78 is 0. The van der Waals surface area contributed by atoms with Crippen molar-refractivity contribution < 1.29 is 9.59 Å². The van der Waals surface area contributed by atoms with E-state index >= 15 is 0 Å². The molecule has 2 fully saturated rings. The number of ketones is 1. The van der Waals surface area contributed by atoms with Gasteiger partial charge in [-0.3, -0.25) is 9.59 Å². The van der Waals surface area contributed by atoms with E-state index in [9.17, 15) is 9.59 Å². The maximum Gasteiger partial charge on any atom is 0.266 e. The smallest absolute Gasteiger partial charge is 0.266 e. The first-order valence-electron chi connectivity index (χ1n) is 7.42. The normalized spacial score (nSPS) is 27.1. The molecule has 20 heavy (non-hydrogen) atoms. The number of thiazole rings is 1. The molecule has 1 aromatic heterocycles. The molecule has 0 aromatic carbocycles. The second-order valence-electron chi connectivity index (χ2n) is 5.79. The van der Waals surface area contributed by atoms with Gasteiger partial charge in [-0.1, -0.05) is 0 Å². The minimum atomic E-state index is 0.0764. The molecule has 1 aromatic rings. The third-order valence-corrected chi connectivity index (χ3v) is 5.48. The predicted molar refractivity (Wildman–Crippen MR) is 77.9 cm³/mol. The standard InChI is InChI=1S/C15H20N2O2S/c1-10-14(20-9-16-10)15(19)17-8-3-2-6-12(17)11-5-4-7-13(11)18/h9,11-12H,2-8H2,1H3. The molecule has 1 saturated heterocycles. The zero-order valence-corrected chi connectivity index (χ0v) is 12.6. The van der Waals surface area contributed by atoms with E-state index in [1.807, 2.05) is 11.8 Å². The van der Waals surface area contributed by atoms with Gasteiger partial charge in [0.05, 0.1) is 11.2 Å². The summed E-state index contributed by atoms with van der Waals surface area (Å²) in [6.07, 6.45) is 5.78. The Hall–Kier alpha value is -1.23. The fourth-order valence-corrected chi connectivity index (χ4v) is 4.27. The number of Topliss-reactive ketones (excluding diaryl/α,β-unsaturated/α-hetero) is 1. The first-order valence-corrected chi connectivity index (χ1v) is 8.30. The van der Waals surface area contributed by atoms with Crippen LogP contribution in [0.3, 0.4) is 0 Å². The molecule has 3 rings (SSSR count). The Kier molecular flexibility index (Phi) is 3.87. The number of piperidine rings is 1. The Balaban J connectivity index is 1.84. The molecule has 1 saturated carbocycles. The Labute approximate surface area is 123 Å². The van der Waals surface area contributed by atoms with Gasteiger partial charge < -0.3 is 4.90 Å². The van der Waals surface area contributed by atoms with Crippen molar-refractivity contribution in [3.8, 4) is 0 Å². The number of carbonyl (C=O) groups is 2. The second-order valence-corrected chi connectivity index (χ2v) is 6.65. The van der Waals surface area contributed by atoms with Gasteiger partial charge in [0.25, 0.3) is 5.91 Å². The van der Waals surface area contributed by atoms with E-state index in [1.165, 1.54) is 11.3 Å². The molecule has 0 radical (unpaired) electrons. The molecule has 4 nitrogen and oxygen atoms in total. The predicted octanol–water partition coefficient (Wildman–Crippen LogP) is 2.82. The van der Waals surface area contributed by atoms with Crippen molar-refractivity contribution in [3.05, 3.63) is 16.1 Å². The van der Waals surface area contributed by atoms with Gasteiger partial charge in [0, 0.05) is 24.9 Å². The lowest BCUT2D eigenvalue weighted by Gasteiger charge is -2.38. The molecule has 1 amide bonds. The van der Waals surface area contributed by atoms with Crippen molar-refractivity contribution in [2.24, 2.45) is 5.92 Å². The number of carbonyl (C=O) groups excluding carboxylic acids is 2. The first kappa shape index (κ1) is 13.7. The number of nitrogens with zero attached hydrogens (tertiary/aromatic N) is 2. The highest BCUT2D eigenvalue weighted by Crippen LogP contribution is 2.34. The van der Waals surface area contributed by atoms with E-state index in [-0.39, 0.29) is 17.9 Å². The number of aryl methyl sites for hydroxylation is 1. The summed E-state index contributed by atoms with van der Waals surface area (Å²) in [5, 5.41) is 0. The number of rotatable bonds is 2. The fraction of sp³-hybridized carbons (Fsp3) is 0.667. The minimum Gasteiger partial charge on any atom is -0.334 e. The van der Waals surface area contributed by atoms with Crippen LogP contribution in [0.25, 0.3) is 0 Å². The molecule has 0 N–H and O–H groups in total. The van der Waals surface area contributed by atoms with Crippen molar-refractivity contribution in [3.63, 3.8) is 0 Å². The summed E-state index contributed by atoms with van der Waals surface area (Å²) in [6.45, 7) is 2.66. The van der Waals surface area contributed by atoms with E-state index < -0.39 is 0 Å². The molecule has 2 unspecified atom stereocenters. The highest BCUT2D eigenvalue weighted by molar-refractivity contribution is 7.11. The van der Waals surface area contributed by atoms with Gasteiger partial charge >= 0.3 is 0 Å². The zero-order valence-electron chi connectivity index (χ0n) is 11.8. The van der Waals surface area contributed by atoms with Crippen molar-refractivity contribution >= 4 is 23.0 Å². The monoisotopic (exact) mass is 292 g/mol. The van der Waals surface area contributed by atoms with E-state index in [0.29, 0.717) is 12.2 Å². The van der Waals surface area contributed by atoms with E-state index in [2.05, 4.69) is 4.98 Å². The van der Waals surface area contributed by atoms with Crippen LogP contribution in [0.4, 0.5) is 0 Å². The van der Waals surface area contributed by atoms with Crippen LogP contribution in [-0.2, 0) is 4.79 Å². The van der Waals surface area contributed by atoms with Crippen molar-refractivity contribution in [1.82, 2.24) is 9.88 Å². The van der Waals surface area contributed by atoms with Gasteiger partial charge in [0.1, 0.15) is 10.7 Å². The van der Waals surface area contributed by atoms with Crippen LogP contribution >= 0.6 is 11.3 Å².